The number of hydrogen-bond donors (Lipinski definition) is 2. The van der Waals surface area contributed by atoms with Gasteiger partial charge in [-0.05, 0) is 57.7 Å². The van der Waals surface area contributed by atoms with Gasteiger partial charge in [0, 0.05) is 11.1 Å². The molecular formula is C32H46FNO2. The Bertz CT molecular complexity index is 910. The number of benzene rings is 1. The van der Waals surface area contributed by atoms with E-state index in [-0.39, 0.29) is 11.9 Å². The van der Waals surface area contributed by atoms with Crippen LogP contribution in [-0.4, -0.2) is 23.2 Å². The lowest BCUT2D eigenvalue weighted by molar-refractivity contribution is -0.117. The topological polar surface area (TPSA) is 49.3 Å². The van der Waals surface area contributed by atoms with Crippen molar-refractivity contribution < 1.29 is 14.3 Å². The summed E-state index contributed by atoms with van der Waals surface area (Å²) in [4.78, 5) is 12.4. The summed E-state index contributed by atoms with van der Waals surface area (Å²) >= 11 is 0. The fourth-order valence-electron chi connectivity index (χ4n) is 4.29. The standard InChI is InChI=1S/C17H22FNO2.C10H14.C5H10/c1-3-12(16-11(2)7-6-8-13(16)18)17(21)19-14-9-4-5-10-15(14)20;1-5-10(6-2)8-7-9(3)4;1-2-4-5-3-1/h3,6-8,14-15,20H,4-5,9-10H2,1-2H3,(H,19,21);5-8H,1,3H2,2,4H3;1-5H2/b12-3+;8-7-,10-6-;/t14?,15-;;/m0../s1. The quantitative estimate of drug-likeness (QED) is 0.309. The first-order valence-corrected chi connectivity index (χ1v) is 13.3. The van der Waals surface area contributed by atoms with E-state index in [2.05, 4.69) is 18.5 Å². The van der Waals surface area contributed by atoms with Gasteiger partial charge in [0.05, 0.1) is 12.1 Å². The number of aliphatic hydroxyl groups is 1. The van der Waals surface area contributed by atoms with Crippen LogP contribution in [0.25, 0.3) is 5.57 Å². The van der Waals surface area contributed by atoms with Crippen molar-refractivity contribution in [2.45, 2.75) is 97.6 Å². The fraction of sp³-hybridized carbons (Fsp3) is 0.469. The molecule has 2 aliphatic rings. The summed E-state index contributed by atoms with van der Waals surface area (Å²) in [6.07, 6.45) is 19.8. The molecule has 1 unspecified atom stereocenters. The summed E-state index contributed by atoms with van der Waals surface area (Å²) in [5.74, 6) is -0.723. The molecular weight excluding hydrogens is 449 g/mol. The molecule has 2 fully saturated rings. The summed E-state index contributed by atoms with van der Waals surface area (Å²) < 4.78 is 14.0. The number of allylic oxidation sites excluding steroid dienone is 7. The summed E-state index contributed by atoms with van der Waals surface area (Å²) in [5.41, 5.74) is 3.57. The first-order valence-electron chi connectivity index (χ1n) is 13.3. The number of nitrogens with one attached hydrogen (secondary N) is 1. The highest BCUT2D eigenvalue weighted by molar-refractivity contribution is 6.20. The van der Waals surface area contributed by atoms with E-state index in [4.69, 9.17) is 0 Å². The van der Waals surface area contributed by atoms with Crippen LogP contribution in [0.15, 0.2) is 72.9 Å². The number of carbonyl (C=O) groups excluding carboxylic acids is 1. The van der Waals surface area contributed by atoms with Gasteiger partial charge in [-0.25, -0.2) is 4.39 Å². The molecule has 0 heterocycles. The molecule has 2 saturated carbocycles. The van der Waals surface area contributed by atoms with Gasteiger partial charge in [-0.15, -0.1) is 0 Å². The maximum Gasteiger partial charge on any atom is 0.251 e. The smallest absolute Gasteiger partial charge is 0.251 e. The molecule has 1 aromatic carbocycles. The van der Waals surface area contributed by atoms with Crippen LogP contribution in [0.2, 0.25) is 0 Å². The molecule has 2 atom stereocenters. The van der Waals surface area contributed by atoms with Gasteiger partial charge in [0.25, 0.3) is 5.91 Å². The zero-order chi connectivity index (χ0) is 26.9. The van der Waals surface area contributed by atoms with Crippen molar-refractivity contribution >= 4 is 11.5 Å². The predicted octanol–water partition coefficient (Wildman–Crippen LogP) is 8.16. The molecule has 4 heteroatoms. The Kier molecular flexibility index (Phi) is 15.4. The Balaban J connectivity index is 0.000000355. The monoisotopic (exact) mass is 495 g/mol. The zero-order valence-electron chi connectivity index (χ0n) is 22.8. The molecule has 1 aromatic rings. The number of halogens is 1. The molecule has 0 radical (unpaired) electrons. The number of aryl methyl sites for hydroxylation is 1. The Morgan fingerprint density at radius 3 is 2.11 bits per heavy atom. The molecule has 2 aliphatic carbocycles. The summed E-state index contributed by atoms with van der Waals surface area (Å²) in [6.45, 7) is 14.9. The van der Waals surface area contributed by atoms with E-state index in [1.807, 2.05) is 38.2 Å². The minimum absolute atomic E-state index is 0.242. The van der Waals surface area contributed by atoms with E-state index in [1.54, 1.807) is 32.1 Å². The molecule has 0 saturated heterocycles. The van der Waals surface area contributed by atoms with Gasteiger partial charge in [-0.3, -0.25) is 4.79 Å². The Labute approximate surface area is 218 Å². The number of aliphatic hydroxyl groups excluding tert-OH is 1. The highest BCUT2D eigenvalue weighted by atomic mass is 19.1. The van der Waals surface area contributed by atoms with Crippen molar-refractivity contribution in [1.82, 2.24) is 5.32 Å². The first-order chi connectivity index (χ1) is 17.2. The second-order valence-electron chi connectivity index (χ2n) is 9.51. The maximum absolute atomic E-state index is 14.0. The molecule has 36 heavy (non-hydrogen) atoms. The van der Waals surface area contributed by atoms with Crippen LogP contribution >= 0.6 is 0 Å². The third kappa shape index (κ3) is 11.3. The second-order valence-corrected chi connectivity index (χ2v) is 9.51. The van der Waals surface area contributed by atoms with Crippen LogP contribution in [0.3, 0.4) is 0 Å². The van der Waals surface area contributed by atoms with E-state index in [9.17, 15) is 14.3 Å². The molecule has 0 aliphatic heterocycles. The molecule has 2 N–H and O–H groups in total. The van der Waals surface area contributed by atoms with E-state index in [1.165, 1.54) is 38.2 Å². The van der Waals surface area contributed by atoms with Gasteiger partial charge in [0.1, 0.15) is 5.82 Å². The molecule has 3 nitrogen and oxygen atoms in total. The van der Waals surface area contributed by atoms with Gasteiger partial charge < -0.3 is 10.4 Å². The fourth-order valence-corrected chi connectivity index (χ4v) is 4.29. The Morgan fingerprint density at radius 2 is 1.64 bits per heavy atom. The Hall–Kier alpha value is -2.72. The average Bonchev–Trinajstić information content (AvgIpc) is 3.44. The average molecular weight is 496 g/mol. The van der Waals surface area contributed by atoms with Crippen molar-refractivity contribution in [3.63, 3.8) is 0 Å². The molecule has 0 spiro atoms. The van der Waals surface area contributed by atoms with Crippen LogP contribution in [0.1, 0.15) is 89.7 Å². The third-order valence-corrected chi connectivity index (χ3v) is 6.45. The lowest BCUT2D eigenvalue weighted by Gasteiger charge is -2.28. The number of hydrogen-bond acceptors (Lipinski definition) is 2. The van der Waals surface area contributed by atoms with Crippen LogP contribution in [-0.2, 0) is 4.79 Å². The van der Waals surface area contributed by atoms with Crippen LogP contribution in [0.5, 0.6) is 0 Å². The summed E-state index contributed by atoms with van der Waals surface area (Å²) in [7, 11) is 0. The number of amides is 1. The minimum Gasteiger partial charge on any atom is -0.391 e. The van der Waals surface area contributed by atoms with Crippen molar-refractivity contribution in [1.29, 1.82) is 0 Å². The van der Waals surface area contributed by atoms with E-state index in [0.717, 1.165) is 36.0 Å². The molecule has 0 aromatic heterocycles. The van der Waals surface area contributed by atoms with Crippen LogP contribution in [0.4, 0.5) is 4.39 Å². The van der Waals surface area contributed by atoms with Crippen molar-refractivity contribution in [3.8, 4) is 0 Å². The number of rotatable bonds is 6. The van der Waals surface area contributed by atoms with Gasteiger partial charge in [-0.2, -0.15) is 0 Å². The lowest BCUT2D eigenvalue weighted by atomic mass is 9.91. The first kappa shape index (κ1) is 31.3. The van der Waals surface area contributed by atoms with E-state index >= 15 is 0 Å². The lowest BCUT2D eigenvalue weighted by Crippen LogP contribution is -2.45. The zero-order valence-corrected chi connectivity index (χ0v) is 22.8. The second kappa shape index (κ2) is 17.7. The normalized spacial score (nSPS) is 20.1. The van der Waals surface area contributed by atoms with E-state index in [0.29, 0.717) is 17.6 Å². The van der Waals surface area contributed by atoms with Crippen LogP contribution in [0, 0.1) is 12.7 Å². The van der Waals surface area contributed by atoms with Gasteiger partial charge in [0.2, 0.25) is 0 Å². The van der Waals surface area contributed by atoms with Gasteiger partial charge in [0.15, 0.2) is 0 Å². The minimum atomic E-state index is -0.512. The van der Waals surface area contributed by atoms with E-state index < -0.39 is 11.9 Å². The molecule has 198 valence electrons. The van der Waals surface area contributed by atoms with Crippen molar-refractivity contribution in [3.05, 3.63) is 89.8 Å². The number of carbonyl (C=O) groups is 1. The summed E-state index contributed by atoms with van der Waals surface area (Å²) in [6, 6.07) is 4.52. The van der Waals surface area contributed by atoms with Crippen molar-refractivity contribution in [2.75, 3.05) is 0 Å². The van der Waals surface area contributed by atoms with Crippen LogP contribution < -0.4 is 5.32 Å². The highest BCUT2D eigenvalue weighted by Crippen LogP contribution is 2.24. The van der Waals surface area contributed by atoms with Gasteiger partial charge in [-0.1, -0.05) is 106 Å². The van der Waals surface area contributed by atoms with Crippen molar-refractivity contribution in [2.24, 2.45) is 0 Å². The van der Waals surface area contributed by atoms with Gasteiger partial charge >= 0.3 is 0 Å². The maximum atomic E-state index is 14.0. The predicted molar refractivity (Wildman–Crippen MR) is 152 cm³/mol. The SMILES string of the molecule is C/C=C(/C(=O)NC1CCCC[C@@H]1O)c1c(C)cccc1F.C1CCCC1.C=CC(/C=C\C(=C)C)=C/C. The highest BCUT2D eigenvalue weighted by Gasteiger charge is 2.26. The summed E-state index contributed by atoms with van der Waals surface area (Å²) in [5, 5.41) is 12.8. The molecule has 3 rings (SSSR count). The third-order valence-electron chi connectivity index (χ3n) is 6.45. The largest absolute Gasteiger partial charge is 0.391 e. The molecule has 0 bridgehead atoms. The Morgan fingerprint density at radius 1 is 1.03 bits per heavy atom. The molecule has 1 amide bonds.